The summed E-state index contributed by atoms with van der Waals surface area (Å²) in [7, 11) is 0. The number of nitro benzene ring substituents is 1. The number of anilines is 1. The summed E-state index contributed by atoms with van der Waals surface area (Å²) in [5, 5.41) is 14.8. The van der Waals surface area contributed by atoms with E-state index in [0.29, 0.717) is 36.3 Å². The van der Waals surface area contributed by atoms with Gasteiger partial charge in [0.2, 0.25) is 0 Å². The van der Waals surface area contributed by atoms with Gasteiger partial charge in [0, 0.05) is 29.4 Å². The topological polar surface area (TPSA) is 73.6 Å². The summed E-state index contributed by atoms with van der Waals surface area (Å²) in [6, 6.07) is 19.6. The van der Waals surface area contributed by atoms with E-state index in [1.165, 1.54) is 12.1 Å². The third-order valence-electron chi connectivity index (χ3n) is 4.19. The van der Waals surface area contributed by atoms with E-state index in [-0.39, 0.29) is 5.69 Å². The minimum absolute atomic E-state index is 0.0568. The normalized spacial score (nSPS) is 10.4. The van der Waals surface area contributed by atoms with Crippen molar-refractivity contribution in [1.82, 2.24) is 0 Å². The Labute approximate surface area is 174 Å². The molecule has 0 saturated carbocycles. The van der Waals surface area contributed by atoms with Crippen molar-refractivity contribution in [2.45, 2.75) is 20.1 Å². The summed E-state index contributed by atoms with van der Waals surface area (Å²) in [6.45, 7) is 3.35. The van der Waals surface area contributed by atoms with Gasteiger partial charge in [-0.25, -0.2) is 0 Å². The van der Waals surface area contributed by atoms with Crippen LogP contribution in [-0.2, 0) is 13.2 Å². The van der Waals surface area contributed by atoms with Crippen molar-refractivity contribution < 1.29 is 14.4 Å². The molecule has 7 heteroatoms. The Morgan fingerprint density at radius 1 is 0.931 bits per heavy atom. The number of nitrogens with one attached hydrogen (secondary N) is 1. The average Bonchev–Trinajstić information content (AvgIpc) is 2.73. The van der Waals surface area contributed by atoms with Crippen LogP contribution < -0.4 is 14.8 Å². The highest BCUT2D eigenvalue weighted by Crippen LogP contribution is 2.30. The van der Waals surface area contributed by atoms with Crippen LogP contribution in [0, 0.1) is 10.1 Å². The molecule has 3 aromatic carbocycles. The SMILES string of the molecule is CCOc1cc(CNc2ccc(Cl)cc2)ccc1OCc1ccc([N+](=O)[O-])cc1. The Morgan fingerprint density at radius 3 is 2.28 bits per heavy atom. The van der Waals surface area contributed by atoms with E-state index in [0.717, 1.165) is 16.8 Å². The molecule has 29 heavy (non-hydrogen) atoms. The van der Waals surface area contributed by atoms with Gasteiger partial charge in [-0.1, -0.05) is 17.7 Å². The lowest BCUT2D eigenvalue weighted by molar-refractivity contribution is -0.384. The molecule has 3 rings (SSSR count). The van der Waals surface area contributed by atoms with Gasteiger partial charge in [-0.05, 0) is 66.6 Å². The largest absolute Gasteiger partial charge is 0.490 e. The van der Waals surface area contributed by atoms with E-state index in [9.17, 15) is 10.1 Å². The van der Waals surface area contributed by atoms with Crippen LogP contribution in [0.15, 0.2) is 66.7 Å². The molecule has 0 aliphatic rings. The third-order valence-corrected chi connectivity index (χ3v) is 4.44. The Hall–Kier alpha value is -3.25. The number of non-ortho nitro benzene ring substituents is 1. The smallest absolute Gasteiger partial charge is 0.269 e. The predicted octanol–water partition coefficient (Wildman–Crippen LogP) is 5.84. The number of hydrogen-bond acceptors (Lipinski definition) is 5. The van der Waals surface area contributed by atoms with E-state index < -0.39 is 4.92 Å². The maximum absolute atomic E-state index is 10.7. The summed E-state index contributed by atoms with van der Waals surface area (Å²) in [4.78, 5) is 10.3. The Balaban J connectivity index is 1.65. The summed E-state index contributed by atoms with van der Waals surface area (Å²) in [5.41, 5.74) is 2.92. The number of rotatable bonds is 9. The highest BCUT2D eigenvalue weighted by atomic mass is 35.5. The number of nitrogens with zero attached hydrogens (tertiary/aromatic N) is 1. The molecule has 1 N–H and O–H groups in total. The van der Waals surface area contributed by atoms with Crippen LogP contribution in [0.3, 0.4) is 0 Å². The molecule has 0 spiro atoms. The number of halogens is 1. The molecule has 0 saturated heterocycles. The lowest BCUT2D eigenvalue weighted by atomic mass is 10.2. The molecule has 3 aromatic rings. The molecular formula is C22H21ClN2O4. The van der Waals surface area contributed by atoms with Gasteiger partial charge in [0.15, 0.2) is 11.5 Å². The van der Waals surface area contributed by atoms with E-state index in [2.05, 4.69) is 5.32 Å². The fraction of sp³-hybridized carbons (Fsp3) is 0.182. The highest BCUT2D eigenvalue weighted by molar-refractivity contribution is 6.30. The molecule has 0 atom stereocenters. The minimum atomic E-state index is -0.422. The Morgan fingerprint density at radius 2 is 1.62 bits per heavy atom. The molecular weight excluding hydrogens is 392 g/mol. The van der Waals surface area contributed by atoms with Crippen LogP contribution in [-0.4, -0.2) is 11.5 Å². The van der Waals surface area contributed by atoms with Crippen molar-refractivity contribution in [3.63, 3.8) is 0 Å². The molecule has 0 fully saturated rings. The first-order valence-corrected chi connectivity index (χ1v) is 9.54. The zero-order valence-corrected chi connectivity index (χ0v) is 16.7. The van der Waals surface area contributed by atoms with E-state index in [1.807, 2.05) is 49.4 Å². The van der Waals surface area contributed by atoms with Crippen molar-refractivity contribution in [2.75, 3.05) is 11.9 Å². The van der Waals surface area contributed by atoms with Crippen LogP contribution in [0.2, 0.25) is 5.02 Å². The molecule has 0 aliphatic carbocycles. The molecule has 0 bridgehead atoms. The number of ether oxygens (including phenoxy) is 2. The molecule has 0 heterocycles. The van der Waals surface area contributed by atoms with Crippen LogP contribution in [0.1, 0.15) is 18.1 Å². The molecule has 0 unspecified atom stereocenters. The maximum Gasteiger partial charge on any atom is 0.269 e. The van der Waals surface area contributed by atoms with Gasteiger partial charge in [-0.3, -0.25) is 10.1 Å². The summed E-state index contributed by atoms with van der Waals surface area (Å²) < 4.78 is 11.6. The van der Waals surface area contributed by atoms with Crippen LogP contribution in [0.25, 0.3) is 0 Å². The first-order chi connectivity index (χ1) is 14.0. The van der Waals surface area contributed by atoms with Crippen molar-refractivity contribution in [3.8, 4) is 11.5 Å². The lowest BCUT2D eigenvalue weighted by Crippen LogP contribution is -2.03. The maximum atomic E-state index is 10.7. The Bertz CT molecular complexity index is 960. The number of nitro groups is 1. The van der Waals surface area contributed by atoms with Crippen molar-refractivity contribution in [2.24, 2.45) is 0 Å². The fourth-order valence-corrected chi connectivity index (χ4v) is 2.82. The van der Waals surface area contributed by atoms with Crippen LogP contribution >= 0.6 is 11.6 Å². The minimum Gasteiger partial charge on any atom is -0.490 e. The summed E-state index contributed by atoms with van der Waals surface area (Å²) in [5.74, 6) is 1.28. The third kappa shape index (κ3) is 5.86. The van der Waals surface area contributed by atoms with Gasteiger partial charge < -0.3 is 14.8 Å². The second kappa shape index (κ2) is 9.80. The van der Waals surface area contributed by atoms with Gasteiger partial charge in [0.25, 0.3) is 5.69 Å². The van der Waals surface area contributed by atoms with Crippen molar-refractivity contribution >= 4 is 23.0 Å². The second-order valence-electron chi connectivity index (χ2n) is 6.29. The number of hydrogen-bond donors (Lipinski definition) is 1. The van der Waals surface area contributed by atoms with Crippen LogP contribution in [0.5, 0.6) is 11.5 Å². The summed E-state index contributed by atoms with van der Waals surface area (Å²) >= 11 is 5.91. The van der Waals surface area contributed by atoms with Gasteiger partial charge in [-0.15, -0.1) is 0 Å². The van der Waals surface area contributed by atoms with E-state index in [4.69, 9.17) is 21.1 Å². The van der Waals surface area contributed by atoms with Crippen LogP contribution in [0.4, 0.5) is 11.4 Å². The molecule has 6 nitrogen and oxygen atoms in total. The molecule has 150 valence electrons. The second-order valence-corrected chi connectivity index (χ2v) is 6.72. The highest BCUT2D eigenvalue weighted by Gasteiger charge is 2.09. The quantitative estimate of drug-likeness (QED) is 0.353. The summed E-state index contributed by atoms with van der Waals surface area (Å²) in [6.07, 6.45) is 0. The Kier molecular flexibility index (Phi) is 6.92. The van der Waals surface area contributed by atoms with E-state index in [1.54, 1.807) is 12.1 Å². The monoisotopic (exact) mass is 412 g/mol. The zero-order valence-electron chi connectivity index (χ0n) is 15.9. The predicted molar refractivity (Wildman–Crippen MR) is 114 cm³/mol. The lowest BCUT2D eigenvalue weighted by Gasteiger charge is -2.14. The standard InChI is InChI=1S/C22H21ClN2O4/c1-2-28-22-13-17(14-24-19-8-6-18(23)7-9-19)5-12-21(22)29-15-16-3-10-20(11-4-16)25(26)27/h3-13,24H,2,14-15H2,1H3. The molecule has 0 amide bonds. The fourth-order valence-electron chi connectivity index (χ4n) is 2.70. The zero-order chi connectivity index (χ0) is 20.6. The number of benzene rings is 3. The molecule has 0 radical (unpaired) electrons. The van der Waals surface area contributed by atoms with Gasteiger partial charge in [-0.2, -0.15) is 0 Å². The first kappa shape index (κ1) is 20.5. The molecule has 0 aromatic heterocycles. The van der Waals surface area contributed by atoms with Gasteiger partial charge >= 0.3 is 0 Å². The van der Waals surface area contributed by atoms with E-state index >= 15 is 0 Å². The van der Waals surface area contributed by atoms with Gasteiger partial charge in [0.05, 0.1) is 11.5 Å². The first-order valence-electron chi connectivity index (χ1n) is 9.16. The van der Waals surface area contributed by atoms with Crippen molar-refractivity contribution in [1.29, 1.82) is 0 Å². The molecule has 0 aliphatic heterocycles. The van der Waals surface area contributed by atoms with Gasteiger partial charge in [0.1, 0.15) is 6.61 Å². The average molecular weight is 413 g/mol. The van der Waals surface area contributed by atoms with Crippen molar-refractivity contribution in [3.05, 3.63) is 93.0 Å².